The molecule has 0 aliphatic heterocycles. The molecule has 0 atom stereocenters. The number of aromatic nitrogens is 3. The van der Waals surface area contributed by atoms with Gasteiger partial charge in [0.05, 0.1) is 0 Å². The van der Waals surface area contributed by atoms with E-state index in [1.54, 1.807) is 0 Å². The molecule has 0 bridgehead atoms. The van der Waals surface area contributed by atoms with Gasteiger partial charge in [-0.25, -0.2) is 15.0 Å². The molecule has 0 fully saturated rings. The van der Waals surface area contributed by atoms with Crippen molar-refractivity contribution < 1.29 is 0 Å². The van der Waals surface area contributed by atoms with Gasteiger partial charge in [0.25, 0.3) is 0 Å². The lowest BCUT2D eigenvalue weighted by Gasteiger charge is -2.14. The Bertz CT molecular complexity index is 2640. The van der Waals surface area contributed by atoms with Gasteiger partial charge in [-0.3, -0.25) is 0 Å². The van der Waals surface area contributed by atoms with Crippen molar-refractivity contribution in [2.45, 2.75) is 0 Å². The Morgan fingerprint density at radius 3 is 0.815 bits per heavy atom. The number of nitrogens with zero attached hydrogens (tertiary/aromatic N) is 3. The van der Waals surface area contributed by atoms with Crippen LogP contribution in [0.15, 0.2) is 212 Å². The van der Waals surface area contributed by atoms with Crippen molar-refractivity contribution in [1.82, 2.24) is 15.0 Å². The van der Waals surface area contributed by atoms with Crippen LogP contribution in [0, 0.1) is 0 Å². The molecule has 9 aromatic rings. The molecular formula is C51H35N3. The lowest BCUT2D eigenvalue weighted by molar-refractivity contribution is 1.07. The van der Waals surface area contributed by atoms with Crippen LogP contribution in [0.1, 0.15) is 0 Å². The van der Waals surface area contributed by atoms with Gasteiger partial charge in [0, 0.05) is 16.7 Å². The molecule has 254 valence electrons. The first-order valence-corrected chi connectivity index (χ1v) is 18.2. The normalized spacial score (nSPS) is 11.0. The third-order valence-corrected chi connectivity index (χ3v) is 9.80. The van der Waals surface area contributed by atoms with Gasteiger partial charge in [-0.2, -0.15) is 0 Å². The van der Waals surface area contributed by atoms with Gasteiger partial charge in [0.1, 0.15) is 0 Å². The summed E-state index contributed by atoms with van der Waals surface area (Å²) in [6.45, 7) is 0. The minimum atomic E-state index is 0.625. The summed E-state index contributed by atoms with van der Waals surface area (Å²) in [5.74, 6) is 1.88. The van der Waals surface area contributed by atoms with Crippen LogP contribution in [0.2, 0.25) is 0 Å². The maximum Gasteiger partial charge on any atom is 0.164 e. The number of hydrogen-bond acceptors (Lipinski definition) is 3. The van der Waals surface area contributed by atoms with Gasteiger partial charge < -0.3 is 0 Å². The van der Waals surface area contributed by atoms with Gasteiger partial charge in [-0.1, -0.05) is 206 Å². The van der Waals surface area contributed by atoms with Gasteiger partial charge in [-0.05, 0) is 61.7 Å². The average molecular weight is 690 g/mol. The molecule has 0 radical (unpaired) electrons. The van der Waals surface area contributed by atoms with Crippen molar-refractivity contribution in [2.75, 3.05) is 0 Å². The fourth-order valence-corrected chi connectivity index (χ4v) is 6.91. The highest BCUT2D eigenvalue weighted by molar-refractivity contribution is 5.87. The summed E-state index contributed by atoms with van der Waals surface area (Å²) >= 11 is 0. The van der Waals surface area contributed by atoms with Crippen LogP contribution in [-0.2, 0) is 0 Å². The Kier molecular flexibility index (Phi) is 8.94. The second-order valence-electron chi connectivity index (χ2n) is 13.3. The SMILES string of the molecule is c1ccc(-c2ccc(-c3ccc(-c4nc(-c5ccc(-c6ccccc6)cc5)nc(-c5ccc(-c6ccccc6)c(-c6ccccc6)c5)n4)cc3)cc2)cc1. The first kappa shape index (κ1) is 32.7. The molecule has 0 saturated carbocycles. The highest BCUT2D eigenvalue weighted by Crippen LogP contribution is 2.36. The van der Waals surface area contributed by atoms with E-state index >= 15 is 0 Å². The zero-order valence-corrected chi connectivity index (χ0v) is 29.5. The lowest BCUT2D eigenvalue weighted by Crippen LogP contribution is -2.00. The van der Waals surface area contributed by atoms with Gasteiger partial charge in [-0.15, -0.1) is 0 Å². The minimum Gasteiger partial charge on any atom is -0.208 e. The van der Waals surface area contributed by atoms with E-state index in [0.717, 1.165) is 55.6 Å². The molecule has 0 N–H and O–H groups in total. The Labute approximate surface area is 316 Å². The van der Waals surface area contributed by atoms with E-state index < -0.39 is 0 Å². The first-order chi connectivity index (χ1) is 26.7. The highest BCUT2D eigenvalue weighted by Gasteiger charge is 2.16. The van der Waals surface area contributed by atoms with E-state index in [1.807, 2.05) is 18.2 Å². The van der Waals surface area contributed by atoms with Gasteiger partial charge in [0.15, 0.2) is 17.5 Å². The van der Waals surface area contributed by atoms with E-state index in [0.29, 0.717) is 17.5 Å². The molecule has 3 nitrogen and oxygen atoms in total. The van der Waals surface area contributed by atoms with Crippen LogP contribution in [0.3, 0.4) is 0 Å². The Morgan fingerprint density at radius 2 is 0.444 bits per heavy atom. The smallest absolute Gasteiger partial charge is 0.164 e. The van der Waals surface area contributed by atoms with Crippen molar-refractivity contribution in [2.24, 2.45) is 0 Å². The molecule has 8 aromatic carbocycles. The second-order valence-corrected chi connectivity index (χ2v) is 13.3. The van der Waals surface area contributed by atoms with Crippen LogP contribution in [0.4, 0.5) is 0 Å². The predicted octanol–water partition coefficient (Wildman–Crippen LogP) is 13.2. The minimum absolute atomic E-state index is 0.625. The molecule has 0 spiro atoms. The van der Waals surface area contributed by atoms with Crippen molar-refractivity contribution >= 4 is 0 Å². The summed E-state index contributed by atoms with van der Waals surface area (Å²) in [6.07, 6.45) is 0. The molecule has 0 aliphatic carbocycles. The number of rotatable bonds is 8. The van der Waals surface area contributed by atoms with Crippen LogP contribution >= 0.6 is 0 Å². The fourth-order valence-electron chi connectivity index (χ4n) is 6.91. The molecule has 0 aliphatic rings. The van der Waals surface area contributed by atoms with E-state index in [1.165, 1.54) is 16.7 Å². The van der Waals surface area contributed by atoms with Crippen molar-refractivity contribution in [3.8, 4) is 89.8 Å². The first-order valence-electron chi connectivity index (χ1n) is 18.2. The Hall–Kier alpha value is -7.23. The Balaban J connectivity index is 1.12. The van der Waals surface area contributed by atoms with Crippen molar-refractivity contribution in [1.29, 1.82) is 0 Å². The molecule has 3 heteroatoms. The van der Waals surface area contributed by atoms with Crippen LogP contribution in [0.5, 0.6) is 0 Å². The van der Waals surface area contributed by atoms with E-state index in [-0.39, 0.29) is 0 Å². The maximum atomic E-state index is 5.13. The van der Waals surface area contributed by atoms with Crippen LogP contribution in [0.25, 0.3) is 89.8 Å². The molecule has 0 saturated heterocycles. The summed E-state index contributed by atoms with van der Waals surface area (Å²) in [6, 6.07) is 74.1. The molecule has 0 amide bonds. The van der Waals surface area contributed by atoms with E-state index in [2.05, 4.69) is 194 Å². The summed E-state index contributed by atoms with van der Waals surface area (Å²) < 4.78 is 0. The largest absolute Gasteiger partial charge is 0.208 e. The predicted molar refractivity (Wildman–Crippen MR) is 223 cm³/mol. The van der Waals surface area contributed by atoms with Gasteiger partial charge >= 0.3 is 0 Å². The Morgan fingerprint density at radius 1 is 0.185 bits per heavy atom. The van der Waals surface area contributed by atoms with Crippen molar-refractivity contribution in [3.05, 3.63) is 212 Å². The molecule has 1 heterocycles. The lowest BCUT2D eigenvalue weighted by atomic mass is 9.92. The number of hydrogen-bond donors (Lipinski definition) is 0. The zero-order chi connectivity index (χ0) is 36.1. The number of benzene rings is 8. The van der Waals surface area contributed by atoms with E-state index in [9.17, 15) is 0 Å². The maximum absolute atomic E-state index is 5.13. The molecule has 0 unspecified atom stereocenters. The van der Waals surface area contributed by atoms with Gasteiger partial charge in [0.2, 0.25) is 0 Å². The zero-order valence-electron chi connectivity index (χ0n) is 29.5. The fraction of sp³-hybridized carbons (Fsp3) is 0. The summed E-state index contributed by atoms with van der Waals surface area (Å²) in [5, 5.41) is 0. The third-order valence-electron chi connectivity index (χ3n) is 9.80. The third kappa shape index (κ3) is 6.87. The summed E-state index contributed by atoms with van der Waals surface area (Å²) in [5.41, 5.74) is 14.4. The quantitative estimate of drug-likeness (QED) is 0.159. The molecule has 1 aromatic heterocycles. The standard InChI is InChI=1S/C51H35N3/c1-5-13-36(14-6-1)38-21-23-40(24-22-38)41-27-31-45(32-28-41)50-52-49(44-29-25-39(26-30-44)37-15-7-2-8-16-37)53-51(54-50)46-33-34-47(42-17-9-3-10-18-42)48(35-46)43-19-11-4-12-20-43/h1-35H. The van der Waals surface area contributed by atoms with Crippen molar-refractivity contribution in [3.63, 3.8) is 0 Å². The topological polar surface area (TPSA) is 38.7 Å². The molecule has 9 rings (SSSR count). The van der Waals surface area contributed by atoms with E-state index in [4.69, 9.17) is 15.0 Å². The monoisotopic (exact) mass is 689 g/mol. The second kappa shape index (κ2) is 14.8. The average Bonchev–Trinajstić information content (AvgIpc) is 3.27. The summed E-state index contributed by atoms with van der Waals surface area (Å²) in [7, 11) is 0. The molecular weight excluding hydrogens is 655 g/mol. The molecule has 54 heavy (non-hydrogen) atoms. The van der Waals surface area contributed by atoms with Crippen LogP contribution < -0.4 is 0 Å². The highest BCUT2D eigenvalue weighted by atomic mass is 15.0. The summed E-state index contributed by atoms with van der Waals surface area (Å²) in [4.78, 5) is 15.3. The van der Waals surface area contributed by atoms with Crippen LogP contribution in [-0.4, -0.2) is 15.0 Å².